The van der Waals surface area contributed by atoms with E-state index >= 15 is 0 Å². The van der Waals surface area contributed by atoms with Crippen molar-refractivity contribution >= 4 is 5.78 Å². The first kappa shape index (κ1) is 16.5. The van der Waals surface area contributed by atoms with Crippen LogP contribution < -0.4 is 0 Å². The molecular weight excluding hydrogens is 304 g/mol. The molecule has 4 nitrogen and oxygen atoms in total. The molecule has 4 rings (SSSR count). The normalized spacial score (nSPS) is 54.9. The largest absolute Gasteiger partial charge is 0.386 e. The Kier molecular flexibility index (Phi) is 3.03. The van der Waals surface area contributed by atoms with Gasteiger partial charge in [-0.3, -0.25) is 4.79 Å². The number of fused-ring (bicyclic) bond motifs is 3. The van der Waals surface area contributed by atoms with Gasteiger partial charge in [-0.2, -0.15) is 0 Å². The maximum atomic E-state index is 13.7. The summed E-state index contributed by atoms with van der Waals surface area (Å²) in [7, 11) is 0. The predicted molar refractivity (Wildman–Crippen MR) is 89.9 cm³/mol. The Morgan fingerprint density at radius 1 is 1.12 bits per heavy atom. The van der Waals surface area contributed by atoms with E-state index in [-0.39, 0.29) is 29.0 Å². The zero-order chi connectivity index (χ0) is 17.8. The van der Waals surface area contributed by atoms with E-state index in [1.165, 1.54) is 0 Å². The fraction of sp³-hybridized carbons (Fsp3) is 0.750. The third kappa shape index (κ3) is 1.50. The molecular formula is C20H28O4. The molecule has 0 saturated heterocycles. The first-order valence-corrected chi connectivity index (χ1v) is 9.01. The zero-order valence-corrected chi connectivity index (χ0v) is 15.1. The first-order valence-electron chi connectivity index (χ1n) is 9.01. The van der Waals surface area contributed by atoms with Gasteiger partial charge in [-0.05, 0) is 54.6 Å². The Morgan fingerprint density at radius 3 is 2.33 bits per heavy atom. The summed E-state index contributed by atoms with van der Waals surface area (Å²) >= 11 is 0. The molecule has 0 heterocycles. The number of rotatable bonds is 0. The van der Waals surface area contributed by atoms with Gasteiger partial charge in [0.05, 0.1) is 5.41 Å². The van der Waals surface area contributed by atoms with Crippen molar-refractivity contribution in [2.45, 2.75) is 58.8 Å². The van der Waals surface area contributed by atoms with Crippen molar-refractivity contribution in [3.8, 4) is 0 Å². The highest BCUT2D eigenvalue weighted by Gasteiger charge is 2.75. The van der Waals surface area contributed by atoms with Crippen LogP contribution in [0.2, 0.25) is 0 Å². The van der Waals surface area contributed by atoms with E-state index in [4.69, 9.17) is 0 Å². The van der Waals surface area contributed by atoms with Crippen LogP contribution in [0.4, 0.5) is 0 Å². The van der Waals surface area contributed by atoms with Crippen LogP contribution in [0.15, 0.2) is 23.3 Å². The van der Waals surface area contributed by atoms with Crippen LogP contribution in [0.25, 0.3) is 0 Å². The van der Waals surface area contributed by atoms with Gasteiger partial charge >= 0.3 is 0 Å². The van der Waals surface area contributed by atoms with Crippen molar-refractivity contribution in [2.75, 3.05) is 0 Å². The second kappa shape index (κ2) is 4.40. The fourth-order valence-corrected chi connectivity index (χ4v) is 6.41. The summed E-state index contributed by atoms with van der Waals surface area (Å²) < 4.78 is 0. The zero-order valence-electron chi connectivity index (χ0n) is 15.1. The first-order chi connectivity index (χ1) is 11.0. The SMILES string of the molecule is CC1=CC23C(=O)[C@@H](C=C(C)[C@@H](O)[C@]2(O)C1O)[C@H]1[C@@H](C[C@H]3C)C1(C)C. The summed E-state index contributed by atoms with van der Waals surface area (Å²) in [5, 5.41) is 33.2. The Labute approximate surface area is 143 Å². The van der Waals surface area contributed by atoms with Crippen LogP contribution >= 0.6 is 0 Å². The Morgan fingerprint density at radius 2 is 1.71 bits per heavy atom. The molecule has 2 unspecified atom stereocenters. The average Bonchev–Trinajstić information content (AvgIpc) is 3.01. The van der Waals surface area contributed by atoms with Crippen molar-refractivity contribution in [1.82, 2.24) is 0 Å². The number of hydrogen-bond acceptors (Lipinski definition) is 4. The predicted octanol–water partition coefficient (Wildman–Crippen LogP) is 1.84. The minimum Gasteiger partial charge on any atom is -0.386 e. The minimum absolute atomic E-state index is 0.0256. The lowest BCUT2D eigenvalue weighted by molar-refractivity contribution is -0.189. The highest BCUT2D eigenvalue weighted by molar-refractivity contribution is 5.95. The van der Waals surface area contributed by atoms with E-state index < -0.39 is 23.2 Å². The van der Waals surface area contributed by atoms with Crippen LogP contribution in [0.3, 0.4) is 0 Å². The Bertz CT molecular complexity index is 690. The molecule has 0 aromatic heterocycles. The number of ketones is 1. The van der Waals surface area contributed by atoms with E-state index in [9.17, 15) is 20.1 Å². The lowest BCUT2D eigenvalue weighted by Crippen LogP contribution is -2.64. The van der Waals surface area contributed by atoms with Gasteiger partial charge < -0.3 is 15.3 Å². The molecule has 2 fully saturated rings. The summed E-state index contributed by atoms with van der Waals surface area (Å²) in [5.74, 6) is 0.240. The summed E-state index contributed by atoms with van der Waals surface area (Å²) in [6.07, 6.45) is 2.01. The lowest BCUT2D eigenvalue weighted by atomic mass is 9.59. The van der Waals surface area contributed by atoms with E-state index in [1.54, 1.807) is 19.9 Å². The highest BCUT2D eigenvalue weighted by atomic mass is 16.4. The molecule has 0 amide bonds. The van der Waals surface area contributed by atoms with Gasteiger partial charge in [0.1, 0.15) is 17.8 Å². The molecule has 4 aliphatic carbocycles. The smallest absolute Gasteiger partial charge is 0.153 e. The number of carbonyl (C=O) groups is 1. The second-order valence-corrected chi connectivity index (χ2v) is 9.28. The van der Waals surface area contributed by atoms with Crippen molar-refractivity contribution in [2.24, 2.45) is 34.5 Å². The van der Waals surface area contributed by atoms with Gasteiger partial charge in [0.15, 0.2) is 5.78 Å². The van der Waals surface area contributed by atoms with E-state index in [2.05, 4.69) is 13.8 Å². The molecule has 24 heavy (non-hydrogen) atoms. The number of hydrogen-bond donors (Lipinski definition) is 3. The van der Waals surface area contributed by atoms with E-state index in [0.29, 0.717) is 17.1 Å². The molecule has 0 radical (unpaired) electrons. The fourth-order valence-electron chi connectivity index (χ4n) is 6.41. The van der Waals surface area contributed by atoms with Gasteiger partial charge in [-0.25, -0.2) is 0 Å². The van der Waals surface area contributed by atoms with Crippen LogP contribution in [-0.4, -0.2) is 38.9 Å². The quantitative estimate of drug-likeness (QED) is 0.592. The van der Waals surface area contributed by atoms with Gasteiger partial charge in [0.25, 0.3) is 0 Å². The van der Waals surface area contributed by atoms with Crippen LogP contribution in [0.5, 0.6) is 0 Å². The van der Waals surface area contributed by atoms with Crippen molar-refractivity contribution in [3.05, 3.63) is 23.3 Å². The number of allylic oxidation sites excluding steroid dienone is 1. The summed E-state index contributed by atoms with van der Waals surface area (Å²) in [5.41, 5.74) is -1.80. The van der Waals surface area contributed by atoms with Crippen molar-refractivity contribution < 1.29 is 20.1 Å². The highest BCUT2D eigenvalue weighted by Crippen LogP contribution is 2.71. The number of Topliss-reactive ketones (excluding diaryl/α,β-unsaturated/α-hetero) is 1. The van der Waals surface area contributed by atoms with Gasteiger partial charge in [0, 0.05) is 5.92 Å². The molecule has 0 aromatic rings. The second-order valence-electron chi connectivity index (χ2n) is 9.28. The maximum absolute atomic E-state index is 13.7. The Hall–Kier alpha value is -0.970. The van der Waals surface area contributed by atoms with Crippen LogP contribution in [0.1, 0.15) is 41.0 Å². The molecule has 3 N–H and O–H groups in total. The molecule has 4 heteroatoms. The van der Waals surface area contributed by atoms with Crippen LogP contribution in [-0.2, 0) is 4.79 Å². The monoisotopic (exact) mass is 332 g/mol. The van der Waals surface area contributed by atoms with E-state index in [1.807, 2.05) is 13.0 Å². The summed E-state index contributed by atoms with van der Waals surface area (Å²) in [4.78, 5) is 13.7. The molecule has 4 aliphatic rings. The Balaban J connectivity index is 1.99. The molecule has 2 saturated carbocycles. The molecule has 8 atom stereocenters. The summed E-state index contributed by atoms with van der Waals surface area (Å²) in [6, 6.07) is 0. The maximum Gasteiger partial charge on any atom is 0.153 e. The number of aliphatic hydroxyl groups excluding tert-OH is 2. The van der Waals surface area contributed by atoms with Crippen molar-refractivity contribution in [1.29, 1.82) is 0 Å². The van der Waals surface area contributed by atoms with Gasteiger partial charge in [0.2, 0.25) is 0 Å². The molecule has 0 aliphatic heterocycles. The third-order valence-electron chi connectivity index (χ3n) is 7.88. The lowest BCUT2D eigenvalue weighted by Gasteiger charge is -2.48. The van der Waals surface area contributed by atoms with Gasteiger partial charge in [-0.15, -0.1) is 0 Å². The average molecular weight is 332 g/mol. The topological polar surface area (TPSA) is 77.8 Å². The number of aliphatic hydroxyl groups is 3. The third-order valence-corrected chi connectivity index (χ3v) is 7.88. The van der Waals surface area contributed by atoms with Crippen LogP contribution in [0, 0.1) is 34.5 Å². The standard InChI is InChI=1S/C20H28O4/c1-9-6-12-14-13(18(14,4)5)7-11(3)19(17(12)23)8-10(2)16(22)20(19,24)15(9)21/h6,8,11-16,21-22,24H,7H2,1-5H3/t11-,12+,13-,14+,15-,16?,19?,20+/m1/s1. The molecule has 0 aromatic carbocycles. The minimum atomic E-state index is -1.87. The van der Waals surface area contributed by atoms with Gasteiger partial charge in [-0.1, -0.05) is 32.9 Å². The molecule has 2 bridgehead atoms. The number of carbonyl (C=O) groups excluding carboxylic acids is 1. The van der Waals surface area contributed by atoms with E-state index in [0.717, 1.165) is 6.42 Å². The molecule has 1 spiro atoms. The molecule has 132 valence electrons. The summed E-state index contributed by atoms with van der Waals surface area (Å²) in [6.45, 7) is 9.91. The van der Waals surface area contributed by atoms with Crippen molar-refractivity contribution in [3.63, 3.8) is 0 Å².